The number of carbonyl (C=O) groups is 1. The lowest BCUT2D eigenvalue weighted by molar-refractivity contribution is -0.137. The van der Waals surface area contributed by atoms with Crippen molar-refractivity contribution in [2.24, 2.45) is 0 Å². The minimum Gasteiger partial charge on any atom is -0.354 e. The number of rotatable bonds is 4. The van der Waals surface area contributed by atoms with Crippen molar-refractivity contribution in [3.05, 3.63) is 70.8 Å². The molecule has 1 unspecified atom stereocenters. The molecule has 0 bridgehead atoms. The highest BCUT2D eigenvalue weighted by molar-refractivity contribution is 5.84. The molecule has 0 aliphatic carbocycles. The second-order valence-corrected chi connectivity index (χ2v) is 5.75. The monoisotopic (exact) mass is 334 g/mol. The molecule has 6 heteroatoms. The van der Waals surface area contributed by atoms with Crippen molar-refractivity contribution < 1.29 is 18.0 Å². The molecule has 24 heavy (non-hydrogen) atoms. The molecule has 0 saturated carbocycles. The van der Waals surface area contributed by atoms with Crippen LogP contribution in [-0.2, 0) is 23.9 Å². The number of alkyl halides is 3. The average Bonchev–Trinajstić information content (AvgIpc) is 2.98. The van der Waals surface area contributed by atoms with Crippen LogP contribution in [0.5, 0.6) is 0 Å². The maximum Gasteiger partial charge on any atom is 0.416 e. The van der Waals surface area contributed by atoms with Gasteiger partial charge in [0.05, 0.1) is 5.56 Å². The first-order valence-corrected chi connectivity index (χ1v) is 7.70. The fraction of sp³-hybridized carbons (Fsp3) is 0.278. The van der Waals surface area contributed by atoms with Crippen LogP contribution in [0.2, 0.25) is 0 Å². The van der Waals surface area contributed by atoms with Crippen LogP contribution in [0.4, 0.5) is 13.2 Å². The van der Waals surface area contributed by atoms with E-state index in [1.54, 1.807) is 0 Å². The van der Waals surface area contributed by atoms with Gasteiger partial charge in [-0.15, -0.1) is 0 Å². The Bertz CT molecular complexity index is 726. The van der Waals surface area contributed by atoms with E-state index in [0.29, 0.717) is 19.5 Å². The second-order valence-electron chi connectivity index (χ2n) is 5.75. The Hall–Kier alpha value is -2.34. The number of hydrogen-bond donors (Lipinski definition) is 2. The topological polar surface area (TPSA) is 41.1 Å². The van der Waals surface area contributed by atoms with E-state index in [2.05, 4.69) is 10.6 Å². The van der Waals surface area contributed by atoms with Gasteiger partial charge in [0.15, 0.2) is 0 Å². The molecule has 0 radical (unpaired) electrons. The van der Waals surface area contributed by atoms with E-state index >= 15 is 0 Å². The summed E-state index contributed by atoms with van der Waals surface area (Å²) in [6, 6.07) is 12.4. The zero-order valence-electron chi connectivity index (χ0n) is 12.9. The molecule has 0 spiro atoms. The third-order valence-corrected chi connectivity index (χ3v) is 4.12. The zero-order chi connectivity index (χ0) is 17.2. The highest BCUT2D eigenvalue weighted by Gasteiger charge is 2.30. The number of amides is 1. The molecule has 3 rings (SSSR count). The van der Waals surface area contributed by atoms with Gasteiger partial charge < -0.3 is 5.32 Å². The third kappa shape index (κ3) is 3.59. The number of fused-ring (bicyclic) bond motifs is 1. The molecule has 126 valence electrons. The van der Waals surface area contributed by atoms with Gasteiger partial charge in [0.1, 0.15) is 6.04 Å². The number of carbonyl (C=O) groups excluding carboxylic acids is 1. The van der Waals surface area contributed by atoms with Crippen LogP contribution < -0.4 is 10.6 Å². The van der Waals surface area contributed by atoms with Crippen LogP contribution in [0.25, 0.3) is 0 Å². The standard InChI is InChI=1S/C18H17F3N2O/c19-18(20,21)14-7-5-12(6-8-14)9-10-22-17(24)16-15-4-2-1-3-13(15)11-23-16/h1-8,16,23H,9-11H2,(H,22,24). The molecule has 0 saturated heterocycles. The smallest absolute Gasteiger partial charge is 0.354 e. The molecule has 1 heterocycles. The fourth-order valence-corrected chi connectivity index (χ4v) is 2.83. The van der Waals surface area contributed by atoms with Crippen molar-refractivity contribution in [1.29, 1.82) is 0 Å². The predicted molar refractivity (Wildman–Crippen MR) is 84.2 cm³/mol. The molecular weight excluding hydrogens is 317 g/mol. The van der Waals surface area contributed by atoms with Crippen LogP contribution in [-0.4, -0.2) is 12.5 Å². The first kappa shape index (κ1) is 16.5. The molecular formula is C18H17F3N2O. The van der Waals surface area contributed by atoms with Gasteiger partial charge in [0, 0.05) is 13.1 Å². The van der Waals surface area contributed by atoms with Crippen molar-refractivity contribution in [2.75, 3.05) is 6.54 Å². The Morgan fingerprint density at radius 3 is 2.54 bits per heavy atom. The Kier molecular flexibility index (Phi) is 4.57. The Morgan fingerprint density at radius 2 is 1.83 bits per heavy atom. The maximum atomic E-state index is 12.5. The summed E-state index contributed by atoms with van der Waals surface area (Å²) in [7, 11) is 0. The predicted octanol–water partition coefficient (Wildman–Crippen LogP) is 3.21. The van der Waals surface area contributed by atoms with Gasteiger partial charge in [-0.05, 0) is 35.2 Å². The molecule has 1 atom stereocenters. The van der Waals surface area contributed by atoms with E-state index in [-0.39, 0.29) is 11.9 Å². The fourth-order valence-electron chi connectivity index (χ4n) is 2.83. The van der Waals surface area contributed by atoms with E-state index in [9.17, 15) is 18.0 Å². The van der Waals surface area contributed by atoms with Crippen LogP contribution in [0, 0.1) is 0 Å². The first-order valence-electron chi connectivity index (χ1n) is 7.70. The quantitative estimate of drug-likeness (QED) is 0.901. The number of halogens is 3. The molecule has 2 aromatic rings. The van der Waals surface area contributed by atoms with Crippen LogP contribution in [0.1, 0.15) is 28.3 Å². The van der Waals surface area contributed by atoms with E-state index < -0.39 is 11.7 Å². The summed E-state index contributed by atoms with van der Waals surface area (Å²) in [6.07, 6.45) is -3.84. The lowest BCUT2D eigenvalue weighted by Gasteiger charge is -2.13. The SMILES string of the molecule is O=C(NCCc1ccc(C(F)(F)F)cc1)C1NCc2ccccc21. The molecule has 1 aliphatic rings. The zero-order valence-corrected chi connectivity index (χ0v) is 12.9. The third-order valence-electron chi connectivity index (χ3n) is 4.12. The summed E-state index contributed by atoms with van der Waals surface area (Å²) >= 11 is 0. The molecule has 0 aromatic heterocycles. The normalized spacial score (nSPS) is 16.7. The first-order chi connectivity index (χ1) is 11.4. The van der Waals surface area contributed by atoms with Crippen LogP contribution in [0.15, 0.2) is 48.5 Å². The molecule has 1 aliphatic heterocycles. The minimum atomic E-state index is -4.33. The van der Waals surface area contributed by atoms with E-state index in [1.165, 1.54) is 12.1 Å². The van der Waals surface area contributed by atoms with Crippen molar-refractivity contribution >= 4 is 5.91 Å². The summed E-state index contributed by atoms with van der Waals surface area (Å²) in [5, 5.41) is 5.99. The van der Waals surface area contributed by atoms with E-state index in [4.69, 9.17) is 0 Å². The van der Waals surface area contributed by atoms with Gasteiger partial charge in [0.25, 0.3) is 0 Å². The van der Waals surface area contributed by atoms with Gasteiger partial charge in [-0.2, -0.15) is 13.2 Å². The Labute approximate surface area is 137 Å². The molecule has 1 amide bonds. The number of hydrogen-bond acceptors (Lipinski definition) is 2. The van der Waals surface area contributed by atoms with Crippen molar-refractivity contribution in [2.45, 2.75) is 25.2 Å². The van der Waals surface area contributed by atoms with Crippen molar-refractivity contribution in [3.8, 4) is 0 Å². The maximum absolute atomic E-state index is 12.5. The number of benzene rings is 2. The van der Waals surface area contributed by atoms with E-state index in [1.807, 2.05) is 24.3 Å². The lowest BCUT2D eigenvalue weighted by Crippen LogP contribution is -2.35. The van der Waals surface area contributed by atoms with Crippen LogP contribution >= 0.6 is 0 Å². The second kappa shape index (κ2) is 6.65. The molecule has 0 fully saturated rings. The Balaban J connectivity index is 1.53. The van der Waals surface area contributed by atoms with Gasteiger partial charge in [-0.3, -0.25) is 10.1 Å². The summed E-state index contributed by atoms with van der Waals surface area (Å²) in [5.41, 5.74) is 2.18. The van der Waals surface area contributed by atoms with Crippen LogP contribution in [0.3, 0.4) is 0 Å². The lowest BCUT2D eigenvalue weighted by atomic mass is 10.0. The van der Waals surface area contributed by atoms with Crippen molar-refractivity contribution in [3.63, 3.8) is 0 Å². The molecule has 2 N–H and O–H groups in total. The van der Waals surface area contributed by atoms with Gasteiger partial charge >= 0.3 is 6.18 Å². The minimum absolute atomic E-state index is 0.119. The van der Waals surface area contributed by atoms with Gasteiger partial charge in [-0.1, -0.05) is 36.4 Å². The molecule has 2 aromatic carbocycles. The highest BCUT2D eigenvalue weighted by atomic mass is 19.4. The average molecular weight is 334 g/mol. The van der Waals surface area contributed by atoms with Crippen molar-refractivity contribution in [1.82, 2.24) is 10.6 Å². The molecule has 3 nitrogen and oxygen atoms in total. The van der Waals surface area contributed by atoms with E-state index in [0.717, 1.165) is 28.8 Å². The highest BCUT2D eigenvalue weighted by Crippen LogP contribution is 2.29. The summed E-state index contributed by atoms with van der Waals surface area (Å²) < 4.78 is 37.5. The van der Waals surface area contributed by atoms with Gasteiger partial charge in [0.2, 0.25) is 5.91 Å². The Morgan fingerprint density at radius 1 is 1.12 bits per heavy atom. The summed E-state index contributed by atoms with van der Waals surface area (Å²) in [6.45, 7) is 1.04. The summed E-state index contributed by atoms with van der Waals surface area (Å²) in [5.74, 6) is -0.119. The number of nitrogens with one attached hydrogen (secondary N) is 2. The summed E-state index contributed by atoms with van der Waals surface area (Å²) in [4.78, 5) is 12.3. The largest absolute Gasteiger partial charge is 0.416 e. The van der Waals surface area contributed by atoms with Gasteiger partial charge in [-0.25, -0.2) is 0 Å².